The number of benzene rings is 1. The number of hydrogen-bond donors (Lipinski definition) is 1. The largest absolute Gasteiger partial charge is 0.456 e. The first-order chi connectivity index (χ1) is 9.22. The van der Waals surface area contributed by atoms with Gasteiger partial charge in [-0.2, -0.15) is 0 Å². The average Bonchev–Trinajstić information content (AvgIpc) is 2.43. The number of aromatic nitrogens is 1. The summed E-state index contributed by atoms with van der Waals surface area (Å²) in [6.45, 7) is 4.13. The van der Waals surface area contributed by atoms with Crippen LogP contribution < -0.4 is 10.1 Å². The molecule has 1 heterocycles. The van der Waals surface area contributed by atoms with E-state index in [4.69, 9.17) is 4.74 Å². The van der Waals surface area contributed by atoms with Crippen molar-refractivity contribution in [3.8, 4) is 11.5 Å². The highest BCUT2D eigenvalue weighted by Crippen LogP contribution is 2.25. The van der Waals surface area contributed by atoms with Gasteiger partial charge in [0.15, 0.2) is 0 Å². The Morgan fingerprint density at radius 2 is 2.05 bits per heavy atom. The molecule has 1 aromatic carbocycles. The lowest BCUT2D eigenvalue weighted by Gasteiger charge is -2.15. The lowest BCUT2D eigenvalue weighted by Crippen LogP contribution is -2.14. The molecule has 0 spiro atoms. The standard InChI is InChI=1S/C16H20N2O/c1-4-16(17-3)13-6-5-7-14(10-13)19-15-9-8-12(2)18-11-15/h5-11,16-17H,4H2,1-3H3. The summed E-state index contributed by atoms with van der Waals surface area (Å²) in [6.07, 6.45) is 2.80. The van der Waals surface area contributed by atoms with Crippen LogP contribution >= 0.6 is 0 Å². The molecule has 0 saturated carbocycles. The molecule has 0 aliphatic rings. The maximum Gasteiger partial charge on any atom is 0.145 e. The van der Waals surface area contributed by atoms with Crippen LogP contribution in [0, 0.1) is 6.92 Å². The van der Waals surface area contributed by atoms with Crippen LogP contribution in [0.5, 0.6) is 11.5 Å². The van der Waals surface area contributed by atoms with Crippen molar-refractivity contribution in [1.82, 2.24) is 10.3 Å². The molecule has 3 heteroatoms. The van der Waals surface area contributed by atoms with E-state index in [1.807, 2.05) is 38.2 Å². The van der Waals surface area contributed by atoms with Crippen molar-refractivity contribution >= 4 is 0 Å². The highest BCUT2D eigenvalue weighted by atomic mass is 16.5. The molecule has 19 heavy (non-hydrogen) atoms. The van der Waals surface area contributed by atoms with Crippen LogP contribution in [0.4, 0.5) is 0 Å². The zero-order valence-electron chi connectivity index (χ0n) is 11.7. The first-order valence-corrected chi connectivity index (χ1v) is 6.60. The Hall–Kier alpha value is -1.87. The van der Waals surface area contributed by atoms with Gasteiger partial charge in [0.25, 0.3) is 0 Å². The van der Waals surface area contributed by atoms with Gasteiger partial charge in [-0.25, -0.2) is 0 Å². The van der Waals surface area contributed by atoms with Crippen molar-refractivity contribution in [1.29, 1.82) is 0 Å². The van der Waals surface area contributed by atoms with Gasteiger partial charge in [0.2, 0.25) is 0 Å². The van der Waals surface area contributed by atoms with Crippen LogP contribution in [0.1, 0.15) is 30.6 Å². The number of hydrogen-bond acceptors (Lipinski definition) is 3. The maximum atomic E-state index is 5.82. The van der Waals surface area contributed by atoms with Crippen LogP contribution in [0.3, 0.4) is 0 Å². The van der Waals surface area contributed by atoms with Gasteiger partial charge in [-0.15, -0.1) is 0 Å². The fourth-order valence-corrected chi connectivity index (χ4v) is 2.05. The van der Waals surface area contributed by atoms with Gasteiger partial charge in [0.1, 0.15) is 11.5 Å². The van der Waals surface area contributed by atoms with Gasteiger partial charge in [0, 0.05) is 11.7 Å². The molecule has 0 aliphatic carbocycles. The highest BCUT2D eigenvalue weighted by molar-refractivity contribution is 5.34. The summed E-state index contributed by atoms with van der Waals surface area (Å²) < 4.78 is 5.82. The quantitative estimate of drug-likeness (QED) is 0.882. The van der Waals surface area contributed by atoms with Crippen LogP contribution in [0.2, 0.25) is 0 Å². The molecule has 1 atom stereocenters. The smallest absolute Gasteiger partial charge is 0.145 e. The molecular weight excluding hydrogens is 236 g/mol. The van der Waals surface area contributed by atoms with Gasteiger partial charge >= 0.3 is 0 Å². The second-order valence-corrected chi connectivity index (χ2v) is 4.56. The molecular formula is C16H20N2O. The summed E-state index contributed by atoms with van der Waals surface area (Å²) in [4.78, 5) is 4.23. The third-order valence-electron chi connectivity index (χ3n) is 3.14. The Morgan fingerprint density at radius 1 is 1.21 bits per heavy atom. The molecule has 0 bridgehead atoms. The van der Waals surface area contributed by atoms with Crippen molar-refractivity contribution < 1.29 is 4.74 Å². The molecule has 2 aromatic rings. The summed E-state index contributed by atoms with van der Waals surface area (Å²) in [5, 5.41) is 3.30. The summed E-state index contributed by atoms with van der Waals surface area (Å²) in [5.41, 5.74) is 2.23. The van der Waals surface area contributed by atoms with Gasteiger partial charge < -0.3 is 10.1 Å². The van der Waals surface area contributed by atoms with E-state index in [0.717, 1.165) is 23.6 Å². The van der Waals surface area contributed by atoms with E-state index in [9.17, 15) is 0 Å². The SMILES string of the molecule is CCC(NC)c1cccc(Oc2ccc(C)nc2)c1. The lowest BCUT2D eigenvalue weighted by atomic mass is 10.0. The van der Waals surface area contributed by atoms with E-state index >= 15 is 0 Å². The zero-order valence-corrected chi connectivity index (χ0v) is 11.7. The summed E-state index contributed by atoms with van der Waals surface area (Å²) in [6, 6.07) is 12.4. The Balaban J connectivity index is 2.17. The number of pyridine rings is 1. The lowest BCUT2D eigenvalue weighted by molar-refractivity contribution is 0.476. The second-order valence-electron chi connectivity index (χ2n) is 4.56. The molecule has 1 aromatic heterocycles. The summed E-state index contributed by atoms with van der Waals surface area (Å²) >= 11 is 0. The van der Waals surface area contributed by atoms with Gasteiger partial charge in [0.05, 0.1) is 6.20 Å². The monoisotopic (exact) mass is 256 g/mol. The van der Waals surface area contributed by atoms with Crippen molar-refractivity contribution in [3.63, 3.8) is 0 Å². The number of ether oxygens (including phenoxy) is 1. The minimum Gasteiger partial charge on any atom is -0.456 e. The molecule has 100 valence electrons. The zero-order chi connectivity index (χ0) is 13.7. The molecule has 2 rings (SSSR count). The predicted molar refractivity (Wildman–Crippen MR) is 77.6 cm³/mol. The van der Waals surface area contributed by atoms with E-state index in [1.165, 1.54) is 5.56 Å². The van der Waals surface area contributed by atoms with Crippen LogP contribution in [0.25, 0.3) is 0 Å². The Bertz CT molecular complexity index is 519. The summed E-state index contributed by atoms with van der Waals surface area (Å²) in [5.74, 6) is 1.61. The van der Waals surface area contributed by atoms with Crippen molar-refractivity contribution in [2.24, 2.45) is 0 Å². The van der Waals surface area contributed by atoms with Crippen molar-refractivity contribution in [2.45, 2.75) is 26.3 Å². The Labute approximate surface area is 114 Å². The van der Waals surface area contributed by atoms with E-state index in [0.29, 0.717) is 6.04 Å². The third kappa shape index (κ3) is 3.55. The highest BCUT2D eigenvalue weighted by Gasteiger charge is 2.07. The number of rotatable bonds is 5. The predicted octanol–water partition coefficient (Wildman–Crippen LogP) is 3.85. The van der Waals surface area contributed by atoms with Crippen molar-refractivity contribution in [2.75, 3.05) is 7.05 Å². The number of nitrogens with zero attached hydrogens (tertiary/aromatic N) is 1. The number of aryl methyl sites for hydroxylation is 1. The summed E-state index contributed by atoms with van der Waals surface area (Å²) in [7, 11) is 1.98. The van der Waals surface area contributed by atoms with Gasteiger partial charge in [-0.3, -0.25) is 4.98 Å². The molecule has 1 unspecified atom stereocenters. The minimum atomic E-state index is 0.361. The van der Waals surface area contributed by atoms with E-state index in [2.05, 4.69) is 29.4 Å². The number of nitrogens with one attached hydrogen (secondary N) is 1. The third-order valence-corrected chi connectivity index (χ3v) is 3.14. The second kappa shape index (κ2) is 6.34. The van der Waals surface area contributed by atoms with Crippen LogP contribution in [0.15, 0.2) is 42.6 Å². The molecule has 0 fully saturated rings. The molecule has 1 N–H and O–H groups in total. The van der Waals surface area contributed by atoms with Gasteiger partial charge in [-0.1, -0.05) is 19.1 Å². The van der Waals surface area contributed by atoms with E-state index < -0.39 is 0 Å². The van der Waals surface area contributed by atoms with E-state index in [1.54, 1.807) is 6.20 Å². The van der Waals surface area contributed by atoms with Crippen molar-refractivity contribution in [3.05, 3.63) is 53.9 Å². The fraction of sp³-hybridized carbons (Fsp3) is 0.312. The molecule has 0 aliphatic heterocycles. The Kier molecular flexibility index (Phi) is 4.53. The maximum absolute atomic E-state index is 5.82. The first-order valence-electron chi connectivity index (χ1n) is 6.60. The average molecular weight is 256 g/mol. The van der Waals surface area contributed by atoms with Crippen LogP contribution in [-0.2, 0) is 0 Å². The molecule has 0 radical (unpaired) electrons. The molecule has 0 saturated heterocycles. The minimum absolute atomic E-state index is 0.361. The van der Waals surface area contributed by atoms with Crippen LogP contribution in [-0.4, -0.2) is 12.0 Å². The molecule has 0 amide bonds. The van der Waals surface area contributed by atoms with Gasteiger partial charge in [-0.05, 0) is 50.2 Å². The normalized spacial score (nSPS) is 12.2. The first kappa shape index (κ1) is 13.6. The Morgan fingerprint density at radius 3 is 2.68 bits per heavy atom. The van der Waals surface area contributed by atoms with E-state index in [-0.39, 0.29) is 0 Å². The topological polar surface area (TPSA) is 34.1 Å². The fourth-order valence-electron chi connectivity index (χ4n) is 2.05. The molecule has 3 nitrogen and oxygen atoms in total.